The minimum Gasteiger partial charge on any atom is -0.278 e. The molecule has 0 atom stereocenters. The van der Waals surface area contributed by atoms with Gasteiger partial charge in [0.1, 0.15) is 4.21 Å². The van der Waals surface area contributed by atoms with Crippen LogP contribution in [0.3, 0.4) is 0 Å². The predicted octanol–water partition coefficient (Wildman–Crippen LogP) is 2.05. The number of benzene rings is 1. The fraction of sp³-hybridized carbons (Fsp3) is 0.0625. The van der Waals surface area contributed by atoms with Crippen molar-refractivity contribution >= 4 is 39.2 Å². The quantitative estimate of drug-likeness (QED) is 0.497. The normalized spacial score (nSPS) is 11.6. The Kier molecular flexibility index (Phi) is 5.14. The van der Waals surface area contributed by atoms with Crippen LogP contribution in [0.15, 0.2) is 63.5 Å². The molecule has 2 N–H and O–H groups in total. The first-order valence-corrected chi connectivity index (χ1v) is 9.79. The van der Waals surface area contributed by atoms with Crippen LogP contribution in [0, 0.1) is 0 Å². The van der Waals surface area contributed by atoms with Crippen LogP contribution in [0.2, 0.25) is 0 Å². The number of para-hydroxylation sites is 1. The van der Waals surface area contributed by atoms with Gasteiger partial charge < -0.3 is 0 Å². The Morgan fingerprint density at radius 3 is 2.77 bits per heavy atom. The molecule has 0 aliphatic carbocycles. The number of anilines is 1. The summed E-state index contributed by atoms with van der Waals surface area (Å²) >= 11 is 1.09. The smallest absolute Gasteiger partial charge is 0.273 e. The number of hydrazone groups is 1. The number of sulfonamides is 1. The summed E-state index contributed by atoms with van der Waals surface area (Å²) in [5.41, 5.74) is 3.44. The molecule has 0 radical (unpaired) electrons. The van der Waals surface area contributed by atoms with E-state index in [1.54, 1.807) is 47.7 Å². The van der Waals surface area contributed by atoms with Crippen molar-refractivity contribution in [3.05, 3.63) is 65.3 Å². The average Bonchev–Trinajstić information content (AvgIpc) is 3.27. The molecule has 2 heterocycles. The minimum atomic E-state index is -3.75. The summed E-state index contributed by atoms with van der Waals surface area (Å²) in [7, 11) is -1.98. The number of nitrogens with one attached hydrogen (secondary N) is 2. The Bertz CT molecular complexity index is 1040. The topological polar surface area (TPSA) is 105 Å². The molecule has 1 amide bonds. The first-order chi connectivity index (χ1) is 12.5. The lowest BCUT2D eigenvalue weighted by molar-refractivity contribution is 0.0956. The Balaban J connectivity index is 1.76. The van der Waals surface area contributed by atoms with E-state index in [0.29, 0.717) is 0 Å². The molecule has 0 unspecified atom stereocenters. The summed E-state index contributed by atoms with van der Waals surface area (Å²) in [4.78, 5) is 12.4. The molecule has 134 valence electrons. The third-order valence-electron chi connectivity index (χ3n) is 3.28. The van der Waals surface area contributed by atoms with Gasteiger partial charge in [0, 0.05) is 18.8 Å². The number of aryl methyl sites for hydroxylation is 1. The number of hydrogen-bond donors (Lipinski definition) is 2. The number of carbonyl (C=O) groups is 1. The third kappa shape index (κ3) is 4.16. The van der Waals surface area contributed by atoms with E-state index in [2.05, 4.69) is 20.3 Å². The summed E-state index contributed by atoms with van der Waals surface area (Å²) in [6.07, 6.45) is 4.78. The van der Waals surface area contributed by atoms with Gasteiger partial charge in [-0.2, -0.15) is 10.2 Å². The average molecular weight is 389 g/mol. The number of rotatable bonds is 6. The van der Waals surface area contributed by atoms with Gasteiger partial charge in [-0.1, -0.05) is 18.2 Å². The van der Waals surface area contributed by atoms with Gasteiger partial charge in [-0.15, -0.1) is 11.3 Å². The number of hydrogen-bond acceptors (Lipinski definition) is 6. The third-order valence-corrected chi connectivity index (χ3v) is 6.04. The van der Waals surface area contributed by atoms with Crippen molar-refractivity contribution in [1.82, 2.24) is 15.2 Å². The van der Waals surface area contributed by atoms with Crippen molar-refractivity contribution in [2.45, 2.75) is 4.21 Å². The van der Waals surface area contributed by atoms with Gasteiger partial charge in [-0.3, -0.25) is 14.2 Å². The van der Waals surface area contributed by atoms with E-state index in [-0.39, 0.29) is 15.5 Å². The lowest BCUT2D eigenvalue weighted by Gasteiger charge is -2.10. The van der Waals surface area contributed by atoms with Crippen LogP contribution in [-0.4, -0.2) is 30.3 Å². The molecule has 0 aliphatic rings. The maximum absolute atomic E-state index is 12.4. The van der Waals surface area contributed by atoms with Crippen molar-refractivity contribution in [2.24, 2.45) is 12.1 Å². The zero-order valence-corrected chi connectivity index (χ0v) is 15.3. The maximum Gasteiger partial charge on any atom is 0.273 e. The molecule has 8 nitrogen and oxygen atoms in total. The highest BCUT2D eigenvalue weighted by atomic mass is 32.2. The Hall–Kier alpha value is -2.98. The second-order valence-electron chi connectivity index (χ2n) is 5.23. The Morgan fingerprint density at radius 1 is 1.27 bits per heavy atom. The maximum atomic E-state index is 12.4. The molecule has 2 aromatic heterocycles. The van der Waals surface area contributed by atoms with Crippen LogP contribution < -0.4 is 10.1 Å². The molecule has 26 heavy (non-hydrogen) atoms. The first-order valence-electron chi connectivity index (χ1n) is 7.43. The Labute approximate surface area is 154 Å². The highest BCUT2D eigenvalue weighted by Crippen LogP contribution is 2.22. The van der Waals surface area contributed by atoms with Gasteiger partial charge in [-0.05, 0) is 23.6 Å². The van der Waals surface area contributed by atoms with Crippen molar-refractivity contribution in [3.63, 3.8) is 0 Å². The molecule has 0 saturated carbocycles. The van der Waals surface area contributed by atoms with Gasteiger partial charge in [0.25, 0.3) is 15.9 Å². The number of carbonyl (C=O) groups excluding carboxylic acids is 1. The van der Waals surface area contributed by atoms with E-state index < -0.39 is 15.9 Å². The summed E-state index contributed by atoms with van der Waals surface area (Å²) < 4.78 is 29.0. The summed E-state index contributed by atoms with van der Waals surface area (Å²) in [5.74, 6) is -0.533. The van der Waals surface area contributed by atoms with E-state index in [1.165, 1.54) is 24.4 Å². The minimum absolute atomic E-state index is 0.163. The van der Waals surface area contributed by atoms with Gasteiger partial charge in [0.05, 0.1) is 23.7 Å². The molecule has 10 heteroatoms. The largest absolute Gasteiger partial charge is 0.278 e. The van der Waals surface area contributed by atoms with Gasteiger partial charge in [-0.25, -0.2) is 13.8 Å². The Morgan fingerprint density at radius 2 is 2.08 bits per heavy atom. The number of aromatic nitrogens is 2. The molecule has 0 fully saturated rings. The molecule has 3 aromatic rings. The standard InChI is InChI=1S/C16H15N5O3S2/c1-21-11-12(10-18-21)9-17-19-16(22)13-5-2-3-6-14(13)20-26(23,24)15-7-4-8-25-15/h2-11,20H,1H3,(H,19,22)/b17-9+. The molecule has 0 aliphatic heterocycles. The van der Waals surface area contributed by atoms with Crippen molar-refractivity contribution in [3.8, 4) is 0 Å². The number of nitrogens with zero attached hydrogens (tertiary/aromatic N) is 3. The van der Waals surface area contributed by atoms with Crippen molar-refractivity contribution in [2.75, 3.05) is 4.72 Å². The van der Waals surface area contributed by atoms with Gasteiger partial charge in [0.15, 0.2) is 0 Å². The molecule has 0 saturated heterocycles. The SMILES string of the molecule is Cn1cc(/C=N/NC(=O)c2ccccc2NS(=O)(=O)c2cccs2)cn1. The zero-order valence-electron chi connectivity index (χ0n) is 13.7. The molecular weight excluding hydrogens is 374 g/mol. The number of amides is 1. The summed E-state index contributed by atoms with van der Waals surface area (Å²) in [6.45, 7) is 0. The van der Waals surface area contributed by atoms with Gasteiger partial charge in [0.2, 0.25) is 0 Å². The van der Waals surface area contributed by atoms with Crippen LogP contribution in [-0.2, 0) is 17.1 Å². The van der Waals surface area contributed by atoms with Crippen LogP contribution >= 0.6 is 11.3 Å². The molecule has 1 aromatic carbocycles. The predicted molar refractivity (Wildman–Crippen MR) is 99.8 cm³/mol. The number of thiophene rings is 1. The zero-order chi connectivity index (χ0) is 18.6. The van der Waals surface area contributed by atoms with E-state index in [1.807, 2.05) is 0 Å². The molecule has 0 spiro atoms. The summed E-state index contributed by atoms with van der Waals surface area (Å²) in [5, 5.41) is 9.52. The highest BCUT2D eigenvalue weighted by molar-refractivity contribution is 7.94. The van der Waals surface area contributed by atoms with E-state index >= 15 is 0 Å². The summed E-state index contributed by atoms with van der Waals surface area (Å²) in [6, 6.07) is 9.45. The van der Waals surface area contributed by atoms with Gasteiger partial charge >= 0.3 is 0 Å². The molecule has 3 rings (SSSR count). The van der Waals surface area contributed by atoms with Crippen LogP contribution in [0.1, 0.15) is 15.9 Å². The molecule has 0 bridgehead atoms. The van der Waals surface area contributed by atoms with Crippen LogP contribution in [0.5, 0.6) is 0 Å². The van der Waals surface area contributed by atoms with E-state index in [9.17, 15) is 13.2 Å². The second-order valence-corrected chi connectivity index (χ2v) is 8.09. The van der Waals surface area contributed by atoms with Crippen molar-refractivity contribution in [1.29, 1.82) is 0 Å². The van der Waals surface area contributed by atoms with Crippen LogP contribution in [0.25, 0.3) is 0 Å². The van der Waals surface area contributed by atoms with Crippen molar-refractivity contribution < 1.29 is 13.2 Å². The van der Waals surface area contributed by atoms with E-state index in [0.717, 1.165) is 16.9 Å². The molecular formula is C16H15N5O3S2. The highest BCUT2D eigenvalue weighted by Gasteiger charge is 2.19. The lowest BCUT2D eigenvalue weighted by Crippen LogP contribution is -2.21. The lowest BCUT2D eigenvalue weighted by atomic mass is 10.2. The fourth-order valence-corrected chi connectivity index (χ4v) is 4.19. The van der Waals surface area contributed by atoms with E-state index in [4.69, 9.17) is 0 Å². The van der Waals surface area contributed by atoms with Crippen LogP contribution in [0.4, 0.5) is 5.69 Å². The monoisotopic (exact) mass is 389 g/mol. The first kappa shape index (κ1) is 17.8. The fourth-order valence-electron chi connectivity index (χ4n) is 2.11. The second kappa shape index (κ2) is 7.50.